The number of nitrogen functional groups attached to an aromatic ring is 1. The van der Waals surface area contributed by atoms with Gasteiger partial charge in [-0.1, -0.05) is 48.5 Å². The van der Waals surface area contributed by atoms with Crippen molar-refractivity contribution in [2.75, 3.05) is 12.3 Å². The SMILES string of the molecule is Nc1ccc(-c2ccc(C(=O)OCCc3ccccc3)cc2)cc1N=Nc1cc(O)cc(O)c1O. The van der Waals surface area contributed by atoms with Gasteiger partial charge >= 0.3 is 5.97 Å². The van der Waals surface area contributed by atoms with Crippen molar-refractivity contribution in [3.63, 3.8) is 0 Å². The third-order valence-corrected chi connectivity index (χ3v) is 5.27. The molecule has 35 heavy (non-hydrogen) atoms. The smallest absolute Gasteiger partial charge is 0.338 e. The summed E-state index contributed by atoms with van der Waals surface area (Å²) in [6, 6.07) is 24.1. The molecule has 0 unspecified atom stereocenters. The van der Waals surface area contributed by atoms with Gasteiger partial charge in [0.25, 0.3) is 0 Å². The Hall–Kier alpha value is -4.85. The van der Waals surface area contributed by atoms with E-state index < -0.39 is 17.5 Å². The fourth-order valence-electron chi connectivity index (χ4n) is 3.37. The van der Waals surface area contributed by atoms with Gasteiger partial charge in [-0.3, -0.25) is 0 Å². The van der Waals surface area contributed by atoms with Crippen LogP contribution in [0.15, 0.2) is 95.2 Å². The number of phenols is 3. The van der Waals surface area contributed by atoms with Gasteiger partial charge in [-0.05, 0) is 41.0 Å². The van der Waals surface area contributed by atoms with Crippen LogP contribution in [0.5, 0.6) is 17.2 Å². The second-order valence-electron chi connectivity index (χ2n) is 7.76. The van der Waals surface area contributed by atoms with Crippen LogP contribution in [0.1, 0.15) is 15.9 Å². The molecule has 0 amide bonds. The highest BCUT2D eigenvalue weighted by atomic mass is 16.5. The quantitative estimate of drug-likeness (QED) is 0.0878. The molecule has 0 aliphatic heterocycles. The predicted octanol–water partition coefficient (Wildman–Crippen LogP) is 5.87. The maximum Gasteiger partial charge on any atom is 0.338 e. The van der Waals surface area contributed by atoms with Crippen LogP contribution in [-0.2, 0) is 11.2 Å². The summed E-state index contributed by atoms with van der Waals surface area (Å²) in [4.78, 5) is 12.4. The van der Waals surface area contributed by atoms with Crippen molar-refractivity contribution in [1.82, 2.24) is 0 Å². The third-order valence-electron chi connectivity index (χ3n) is 5.27. The first-order chi connectivity index (χ1) is 16.9. The van der Waals surface area contributed by atoms with Gasteiger partial charge in [0.2, 0.25) is 0 Å². The number of hydrogen-bond acceptors (Lipinski definition) is 8. The van der Waals surface area contributed by atoms with Crippen molar-refractivity contribution in [1.29, 1.82) is 0 Å². The van der Waals surface area contributed by atoms with E-state index in [2.05, 4.69) is 10.2 Å². The summed E-state index contributed by atoms with van der Waals surface area (Å²) in [6.45, 7) is 0.295. The Balaban J connectivity index is 1.46. The fraction of sp³-hybridized carbons (Fsp3) is 0.0741. The molecule has 0 atom stereocenters. The van der Waals surface area contributed by atoms with E-state index in [0.29, 0.717) is 30.0 Å². The number of rotatable bonds is 7. The molecule has 0 saturated heterocycles. The lowest BCUT2D eigenvalue weighted by atomic mass is 10.0. The molecular weight excluding hydrogens is 446 g/mol. The molecule has 176 valence electrons. The van der Waals surface area contributed by atoms with Crippen molar-refractivity contribution < 1.29 is 24.9 Å². The molecule has 0 aliphatic carbocycles. The molecule has 0 bridgehead atoms. The maximum absolute atomic E-state index is 12.4. The first-order valence-electron chi connectivity index (χ1n) is 10.8. The molecule has 4 rings (SSSR count). The maximum atomic E-state index is 12.4. The largest absolute Gasteiger partial charge is 0.508 e. The first kappa shape index (κ1) is 23.3. The Morgan fingerprint density at radius 1 is 0.800 bits per heavy atom. The lowest BCUT2D eigenvalue weighted by Gasteiger charge is -2.08. The van der Waals surface area contributed by atoms with Crippen LogP contribution in [0.4, 0.5) is 17.1 Å². The molecule has 8 heteroatoms. The van der Waals surface area contributed by atoms with Crippen LogP contribution in [0.25, 0.3) is 11.1 Å². The lowest BCUT2D eigenvalue weighted by Crippen LogP contribution is -2.08. The minimum absolute atomic E-state index is 0.109. The highest BCUT2D eigenvalue weighted by Gasteiger charge is 2.11. The number of nitrogens with two attached hydrogens (primary N) is 1. The molecule has 4 aromatic rings. The second kappa shape index (κ2) is 10.4. The summed E-state index contributed by atoms with van der Waals surface area (Å²) >= 11 is 0. The van der Waals surface area contributed by atoms with Crippen molar-refractivity contribution in [3.8, 4) is 28.4 Å². The van der Waals surface area contributed by atoms with Gasteiger partial charge in [0, 0.05) is 18.6 Å². The Morgan fingerprint density at radius 2 is 1.49 bits per heavy atom. The van der Waals surface area contributed by atoms with E-state index in [1.807, 2.05) is 30.3 Å². The molecule has 0 fully saturated rings. The van der Waals surface area contributed by atoms with Gasteiger partial charge in [0.1, 0.15) is 17.1 Å². The summed E-state index contributed by atoms with van der Waals surface area (Å²) in [6.07, 6.45) is 0.646. The fourth-order valence-corrected chi connectivity index (χ4v) is 3.37. The number of aromatic hydroxyl groups is 3. The summed E-state index contributed by atoms with van der Waals surface area (Å²) in [5.41, 5.74) is 9.71. The molecule has 0 aliphatic rings. The van der Waals surface area contributed by atoms with Crippen LogP contribution in [0.3, 0.4) is 0 Å². The highest BCUT2D eigenvalue weighted by Crippen LogP contribution is 2.40. The minimum Gasteiger partial charge on any atom is -0.508 e. The van der Waals surface area contributed by atoms with Gasteiger partial charge in [-0.15, -0.1) is 10.2 Å². The number of phenolic OH excluding ortho intramolecular Hbond substituents is 3. The Kier molecular flexibility index (Phi) is 6.92. The zero-order valence-corrected chi connectivity index (χ0v) is 18.6. The van der Waals surface area contributed by atoms with E-state index in [9.17, 15) is 20.1 Å². The van der Waals surface area contributed by atoms with Crippen molar-refractivity contribution >= 4 is 23.0 Å². The van der Waals surface area contributed by atoms with Crippen molar-refractivity contribution in [2.24, 2.45) is 10.2 Å². The lowest BCUT2D eigenvalue weighted by molar-refractivity contribution is 0.0509. The monoisotopic (exact) mass is 469 g/mol. The van der Waals surface area contributed by atoms with Crippen molar-refractivity contribution in [3.05, 3.63) is 96.1 Å². The standard InChI is InChI=1S/C27H23N3O5/c28-22-11-10-20(14-23(22)29-30-24-15-21(31)16-25(32)26(24)33)18-6-8-19(9-7-18)27(34)35-13-12-17-4-2-1-3-5-17/h1-11,14-16,31-33H,12-13,28H2. The number of anilines is 1. The van der Waals surface area contributed by atoms with E-state index in [4.69, 9.17) is 10.5 Å². The summed E-state index contributed by atoms with van der Waals surface area (Å²) in [5.74, 6) is -1.69. The number of hydrogen-bond donors (Lipinski definition) is 4. The molecule has 0 heterocycles. The number of benzene rings is 4. The number of azo groups is 1. The number of carbonyl (C=O) groups is 1. The Labute approximate surface area is 201 Å². The Bertz CT molecular complexity index is 1370. The van der Waals surface area contributed by atoms with Crippen LogP contribution in [0, 0.1) is 0 Å². The van der Waals surface area contributed by atoms with E-state index in [-0.39, 0.29) is 11.4 Å². The average molecular weight is 469 g/mol. The zero-order valence-electron chi connectivity index (χ0n) is 18.6. The molecule has 0 saturated carbocycles. The van der Waals surface area contributed by atoms with Crippen LogP contribution < -0.4 is 5.73 Å². The van der Waals surface area contributed by atoms with E-state index in [1.165, 1.54) is 0 Å². The highest BCUT2D eigenvalue weighted by molar-refractivity contribution is 5.90. The Morgan fingerprint density at radius 3 is 2.23 bits per heavy atom. The minimum atomic E-state index is -0.514. The van der Waals surface area contributed by atoms with Gasteiger partial charge in [-0.2, -0.15) is 0 Å². The topological polar surface area (TPSA) is 138 Å². The first-order valence-corrected chi connectivity index (χ1v) is 10.8. The molecule has 5 N–H and O–H groups in total. The number of carbonyl (C=O) groups excluding carboxylic acids is 1. The molecule has 8 nitrogen and oxygen atoms in total. The normalized spacial score (nSPS) is 11.0. The number of ether oxygens (including phenoxy) is 1. The second-order valence-corrected chi connectivity index (χ2v) is 7.76. The van der Waals surface area contributed by atoms with Gasteiger partial charge in [0.15, 0.2) is 11.5 Å². The molecule has 0 aromatic heterocycles. The van der Waals surface area contributed by atoms with Crippen LogP contribution in [-0.4, -0.2) is 27.9 Å². The van der Waals surface area contributed by atoms with Gasteiger partial charge < -0.3 is 25.8 Å². The predicted molar refractivity (Wildman–Crippen MR) is 132 cm³/mol. The third kappa shape index (κ3) is 5.75. The van der Waals surface area contributed by atoms with E-state index in [0.717, 1.165) is 28.8 Å². The number of nitrogens with zero attached hydrogens (tertiary/aromatic N) is 2. The van der Waals surface area contributed by atoms with E-state index in [1.54, 1.807) is 42.5 Å². The molecule has 0 spiro atoms. The molecular formula is C27H23N3O5. The zero-order chi connectivity index (χ0) is 24.8. The summed E-state index contributed by atoms with van der Waals surface area (Å²) < 4.78 is 5.37. The van der Waals surface area contributed by atoms with Crippen molar-refractivity contribution in [2.45, 2.75) is 6.42 Å². The van der Waals surface area contributed by atoms with Crippen LogP contribution in [0.2, 0.25) is 0 Å². The summed E-state index contributed by atoms with van der Waals surface area (Å²) in [7, 11) is 0. The average Bonchev–Trinajstić information content (AvgIpc) is 2.87. The molecule has 4 aromatic carbocycles. The number of esters is 1. The summed E-state index contributed by atoms with van der Waals surface area (Å²) in [5, 5.41) is 37.1. The molecule has 0 radical (unpaired) electrons. The van der Waals surface area contributed by atoms with Crippen LogP contribution >= 0.6 is 0 Å². The van der Waals surface area contributed by atoms with Gasteiger partial charge in [0.05, 0.1) is 17.9 Å². The van der Waals surface area contributed by atoms with E-state index >= 15 is 0 Å². The van der Waals surface area contributed by atoms with Gasteiger partial charge in [-0.25, -0.2) is 4.79 Å².